The first-order chi connectivity index (χ1) is 44.2. The highest BCUT2D eigenvalue weighted by molar-refractivity contribution is 7.20. The van der Waals surface area contributed by atoms with Crippen LogP contribution in [0.4, 0.5) is 0 Å². The van der Waals surface area contributed by atoms with Crippen molar-refractivity contribution in [1.82, 2.24) is 19.5 Å². The van der Waals surface area contributed by atoms with Crippen LogP contribution in [0.15, 0.2) is 340 Å². The fourth-order valence-electron chi connectivity index (χ4n) is 15.5. The molecule has 18 rings (SSSR count). The van der Waals surface area contributed by atoms with Gasteiger partial charge in [-0.2, -0.15) is 9.97 Å². The van der Waals surface area contributed by atoms with Crippen molar-refractivity contribution in [1.29, 1.82) is 0 Å². The lowest BCUT2D eigenvalue weighted by atomic mass is 9.60. The average Bonchev–Trinajstić information content (AvgIpc) is 1.90. The van der Waals surface area contributed by atoms with Gasteiger partial charge < -0.3 is 0 Å². The Hall–Kier alpha value is -10.9. The summed E-state index contributed by atoms with van der Waals surface area (Å²) in [5.74, 6) is 1.65. The lowest BCUT2D eigenvalue weighted by Gasteiger charge is -2.46. The molecule has 2 heterocycles. The second kappa shape index (κ2) is 21.5. The molecule has 6 heteroatoms. The van der Waals surface area contributed by atoms with Crippen LogP contribution >= 0.6 is 0 Å². The minimum atomic E-state index is -3.16. The Morgan fingerprint density at radius 2 is 0.618 bits per heavy atom. The molecule has 0 saturated carbocycles. The highest BCUT2D eigenvalue weighted by atomic mass is 28.3. The van der Waals surface area contributed by atoms with Gasteiger partial charge in [-0.1, -0.05) is 328 Å². The van der Waals surface area contributed by atoms with Gasteiger partial charge in [0.25, 0.3) is 0 Å². The Morgan fingerprint density at radius 1 is 0.247 bits per heavy atom. The van der Waals surface area contributed by atoms with Gasteiger partial charge in [-0.25, -0.2) is 4.98 Å². The number of para-hydroxylation sites is 2. The second-order valence-corrected chi connectivity index (χ2v) is 31.2. The molecular formula is C83H58N4Si2. The fourth-order valence-corrected chi connectivity index (χ4v) is 25.3. The Kier molecular flexibility index (Phi) is 12.7. The maximum absolute atomic E-state index is 5.75. The number of hydrogen-bond acceptors (Lipinski definition) is 3. The van der Waals surface area contributed by atoms with Crippen LogP contribution in [-0.2, 0) is 0 Å². The Labute approximate surface area is 520 Å². The zero-order valence-electron chi connectivity index (χ0n) is 48.8. The van der Waals surface area contributed by atoms with Crippen LogP contribution in [0.1, 0.15) is 45.2 Å². The molecule has 0 saturated heterocycles. The molecule has 2 bridgehead atoms. The minimum Gasteiger partial charge on any atom is -0.278 e. The number of hydrogen-bond donors (Lipinski definition) is 0. The number of aromatic nitrogens is 4. The highest BCUT2D eigenvalue weighted by Crippen LogP contribution is 2.57. The molecule has 0 aliphatic heterocycles. The van der Waals surface area contributed by atoms with Crippen molar-refractivity contribution in [2.75, 3.05) is 0 Å². The predicted octanol–water partition coefficient (Wildman–Crippen LogP) is 13.7. The van der Waals surface area contributed by atoms with Gasteiger partial charge in [0, 0.05) is 33.7 Å². The van der Waals surface area contributed by atoms with Crippen LogP contribution in [0.3, 0.4) is 0 Å². The summed E-state index contributed by atoms with van der Waals surface area (Å²) in [4.78, 5) is 17.1. The summed E-state index contributed by atoms with van der Waals surface area (Å²) < 4.78 is 2.25. The monoisotopic (exact) mass is 1170 g/mol. The lowest BCUT2D eigenvalue weighted by molar-refractivity contribution is 0.758. The van der Waals surface area contributed by atoms with E-state index in [-0.39, 0.29) is 11.8 Å². The molecule has 13 aromatic carbocycles. The van der Waals surface area contributed by atoms with Gasteiger partial charge in [-0.3, -0.25) is 4.57 Å². The van der Waals surface area contributed by atoms with Gasteiger partial charge in [-0.15, -0.1) is 0 Å². The first kappa shape index (κ1) is 52.4. The van der Waals surface area contributed by atoms with E-state index in [4.69, 9.17) is 15.0 Å². The standard InChI is InChI=1S/C83H58N4Si2/c1-7-27-57(28-8-1)58-49-53-66(54-50-58)89(63-35-15-5-16-36-63,64-37-17-6-18-38-64)76-48-26-44-72-77-69-41-19-20-42-70(69)80(79(72)76)78-71(77)43-25-45-73(78)82-84-81(85-83(86-82)87-74-46-23-21-39-67(74)68-40-22-24-47-75(68)87)59-51-55-65(56-52-59)88(60-29-9-2-10-30-60,61-31-11-3-12-32-61)62-33-13-4-14-34-62/h1-56,77,80H. The first-order valence-electron chi connectivity index (χ1n) is 30.8. The first-order valence-corrected chi connectivity index (χ1v) is 34.8. The van der Waals surface area contributed by atoms with Crippen molar-refractivity contribution in [3.63, 3.8) is 0 Å². The van der Waals surface area contributed by atoms with Crippen molar-refractivity contribution >= 4 is 79.4 Å². The van der Waals surface area contributed by atoms with Crippen LogP contribution in [0.2, 0.25) is 0 Å². The summed E-state index contributed by atoms with van der Waals surface area (Å²) in [5, 5.41) is 13.0. The maximum atomic E-state index is 5.75. The normalized spacial score (nSPS) is 14.1. The van der Waals surface area contributed by atoms with Gasteiger partial charge in [0.1, 0.15) is 0 Å². The predicted molar refractivity (Wildman–Crippen MR) is 372 cm³/mol. The molecular weight excluding hydrogens is 1110 g/mol. The highest BCUT2D eigenvalue weighted by Gasteiger charge is 2.50. The largest absolute Gasteiger partial charge is 0.278 e. The molecule has 0 fully saturated rings. The molecule has 89 heavy (non-hydrogen) atoms. The smallest absolute Gasteiger partial charge is 0.238 e. The fraction of sp³-hybridized carbons (Fsp3) is 0.0241. The van der Waals surface area contributed by atoms with Gasteiger partial charge in [-0.05, 0) is 98.1 Å². The third kappa shape index (κ3) is 8.21. The molecule has 2 aromatic heterocycles. The van der Waals surface area contributed by atoms with Crippen molar-refractivity contribution in [3.05, 3.63) is 373 Å². The van der Waals surface area contributed by atoms with E-state index in [2.05, 4.69) is 344 Å². The van der Waals surface area contributed by atoms with E-state index < -0.39 is 16.1 Å². The molecule has 3 aliphatic carbocycles. The number of benzene rings is 13. The van der Waals surface area contributed by atoms with Crippen LogP contribution in [0.25, 0.3) is 61.7 Å². The zero-order valence-corrected chi connectivity index (χ0v) is 50.8. The molecule has 15 aromatic rings. The minimum absolute atomic E-state index is 0.0336. The molecule has 3 aliphatic rings. The quantitative estimate of drug-likeness (QED) is 0.0904. The Balaban J connectivity index is 0.909. The topological polar surface area (TPSA) is 43.6 Å². The molecule has 0 N–H and O–H groups in total. The molecule has 0 radical (unpaired) electrons. The van der Waals surface area contributed by atoms with Crippen molar-refractivity contribution in [3.8, 4) is 39.9 Å². The molecule has 0 amide bonds. The van der Waals surface area contributed by atoms with Crippen LogP contribution in [0, 0.1) is 0 Å². The van der Waals surface area contributed by atoms with Crippen LogP contribution in [0.5, 0.6) is 0 Å². The zero-order chi connectivity index (χ0) is 58.9. The van der Waals surface area contributed by atoms with E-state index in [1.807, 2.05) is 0 Å². The van der Waals surface area contributed by atoms with Crippen molar-refractivity contribution < 1.29 is 0 Å². The van der Waals surface area contributed by atoms with Crippen LogP contribution < -0.4 is 41.5 Å². The van der Waals surface area contributed by atoms with Gasteiger partial charge >= 0.3 is 0 Å². The SMILES string of the molecule is c1ccc(-c2ccc([Si](c3ccccc3)(c3ccccc3)c3cccc4c3C3c5ccccc5C4c4cccc(-c5nc(-c6ccc([Si](c7ccccc7)(c7ccccc7)c7ccccc7)cc6)nc(-n6c7ccccc7c7ccccc76)n5)c43)cc2)cc1. The maximum Gasteiger partial charge on any atom is 0.238 e. The molecule has 418 valence electrons. The lowest BCUT2D eigenvalue weighted by Crippen LogP contribution is -2.75. The summed E-state index contributed by atoms with van der Waals surface area (Å²) >= 11 is 0. The van der Waals surface area contributed by atoms with E-state index in [1.165, 1.54) is 86.0 Å². The Morgan fingerprint density at radius 3 is 1.15 bits per heavy atom. The third-order valence-corrected chi connectivity index (χ3v) is 28.8. The molecule has 2 unspecified atom stereocenters. The molecule has 0 spiro atoms. The summed E-state index contributed by atoms with van der Waals surface area (Å²) in [7, 11) is -6.00. The number of fused-ring (bicyclic) bond motifs is 3. The second-order valence-electron chi connectivity index (χ2n) is 23.6. The number of nitrogens with zero attached hydrogens (tertiary/aromatic N) is 4. The van der Waals surface area contributed by atoms with Gasteiger partial charge in [0.15, 0.2) is 27.8 Å². The van der Waals surface area contributed by atoms with Gasteiger partial charge in [0.05, 0.1) is 11.0 Å². The van der Waals surface area contributed by atoms with E-state index in [9.17, 15) is 0 Å². The summed E-state index contributed by atoms with van der Waals surface area (Å²) in [6.07, 6.45) is 0. The summed E-state index contributed by atoms with van der Waals surface area (Å²) in [6, 6.07) is 126. The number of rotatable bonds is 12. The van der Waals surface area contributed by atoms with E-state index in [0.717, 1.165) is 32.9 Å². The Bertz CT molecular complexity index is 4930. The van der Waals surface area contributed by atoms with E-state index >= 15 is 0 Å². The molecule has 4 nitrogen and oxygen atoms in total. The van der Waals surface area contributed by atoms with Crippen molar-refractivity contribution in [2.45, 2.75) is 11.8 Å². The average molecular weight is 1170 g/mol. The van der Waals surface area contributed by atoms with E-state index in [0.29, 0.717) is 17.6 Å². The van der Waals surface area contributed by atoms with Crippen LogP contribution in [-0.4, -0.2) is 35.7 Å². The van der Waals surface area contributed by atoms with Crippen molar-refractivity contribution in [2.24, 2.45) is 0 Å². The summed E-state index contributed by atoms with van der Waals surface area (Å²) in [6.45, 7) is 0. The summed E-state index contributed by atoms with van der Waals surface area (Å²) in [5.41, 5.74) is 14.4. The van der Waals surface area contributed by atoms with E-state index in [1.54, 1.807) is 0 Å². The van der Waals surface area contributed by atoms with Gasteiger partial charge in [0.2, 0.25) is 5.95 Å². The third-order valence-electron chi connectivity index (χ3n) is 19.2. The molecule has 2 atom stereocenters.